The van der Waals surface area contributed by atoms with Gasteiger partial charge in [0.2, 0.25) is 0 Å². The molecule has 4 heteroatoms. The quantitative estimate of drug-likeness (QED) is 0.464. The molecule has 0 bridgehead atoms. The summed E-state index contributed by atoms with van der Waals surface area (Å²) in [5, 5.41) is 3.42. The fraction of sp³-hybridized carbons (Fsp3) is 0.929. The zero-order valence-electron chi connectivity index (χ0n) is 12.6. The predicted molar refractivity (Wildman–Crippen MR) is 77.0 cm³/mol. The molecule has 1 heterocycles. The van der Waals surface area contributed by atoms with Gasteiger partial charge in [-0.25, -0.2) is 0 Å². The highest BCUT2D eigenvalue weighted by Gasteiger charge is 2.30. The Kier molecular flexibility index (Phi) is 5.93. The second-order valence-corrected chi connectivity index (χ2v) is 6.08. The maximum atomic E-state index is 5.52. The van der Waals surface area contributed by atoms with Gasteiger partial charge in [0.1, 0.15) is 0 Å². The van der Waals surface area contributed by atoms with Crippen molar-refractivity contribution in [1.29, 1.82) is 0 Å². The van der Waals surface area contributed by atoms with E-state index in [1.807, 2.05) is 7.05 Å². The summed E-state index contributed by atoms with van der Waals surface area (Å²) in [5.74, 6) is 1.03. The van der Waals surface area contributed by atoms with Crippen LogP contribution in [0.5, 0.6) is 0 Å². The van der Waals surface area contributed by atoms with Gasteiger partial charge < -0.3 is 15.0 Å². The van der Waals surface area contributed by atoms with Gasteiger partial charge in [0, 0.05) is 33.3 Å². The number of hydrogen-bond donors (Lipinski definition) is 1. The summed E-state index contributed by atoms with van der Waals surface area (Å²) in [7, 11) is 1.86. The van der Waals surface area contributed by atoms with Crippen LogP contribution < -0.4 is 5.32 Å². The van der Waals surface area contributed by atoms with E-state index in [9.17, 15) is 0 Å². The average molecular weight is 255 g/mol. The van der Waals surface area contributed by atoms with Crippen molar-refractivity contribution in [1.82, 2.24) is 10.2 Å². The van der Waals surface area contributed by atoms with Gasteiger partial charge in [-0.1, -0.05) is 13.8 Å². The van der Waals surface area contributed by atoms with Crippen LogP contribution >= 0.6 is 0 Å². The summed E-state index contributed by atoms with van der Waals surface area (Å²) < 4.78 is 5.52. The molecule has 1 aliphatic rings. The van der Waals surface area contributed by atoms with Crippen molar-refractivity contribution < 1.29 is 4.74 Å². The Balaban J connectivity index is 2.23. The number of guanidine groups is 1. The highest BCUT2D eigenvalue weighted by atomic mass is 16.5. The summed E-state index contributed by atoms with van der Waals surface area (Å²) in [6.07, 6.45) is 2.59. The Bertz CT molecular complexity index is 274. The Hall–Kier alpha value is -0.770. The number of rotatable bonds is 5. The molecular formula is C14H29N3O. The molecule has 0 spiro atoms. The van der Waals surface area contributed by atoms with Crippen LogP contribution in [0.1, 0.15) is 40.5 Å². The van der Waals surface area contributed by atoms with E-state index in [1.54, 1.807) is 0 Å². The lowest BCUT2D eigenvalue weighted by Crippen LogP contribution is -2.41. The first-order valence-electron chi connectivity index (χ1n) is 7.02. The molecule has 0 aromatic heterocycles. The molecule has 0 aromatic rings. The molecular weight excluding hydrogens is 226 g/mol. The molecule has 1 aliphatic heterocycles. The minimum atomic E-state index is 0.323. The zero-order valence-corrected chi connectivity index (χ0v) is 12.6. The third kappa shape index (κ3) is 5.25. The van der Waals surface area contributed by atoms with E-state index in [2.05, 4.69) is 42.9 Å². The topological polar surface area (TPSA) is 36.9 Å². The van der Waals surface area contributed by atoms with Crippen LogP contribution in [-0.2, 0) is 4.74 Å². The van der Waals surface area contributed by atoms with Crippen LogP contribution in [0.3, 0.4) is 0 Å². The second kappa shape index (κ2) is 6.98. The Morgan fingerprint density at radius 3 is 2.67 bits per heavy atom. The average Bonchev–Trinajstić information content (AvgIpc) is 2.63. The molecule has 0 atom stereocenters. The summed E-state index contributed by atoms with van der Waals surface area (Å²) in [4.78, 5) is 6.71. The Morgan fingerprint density at radius 2 is 2.17 bits per heavy atom. The van der Waals surface area contributed by atoms with Crippen molar-refractivity contribution in [3.63, 3.8) is 0 Å². The molecule has 1 saturated heterocycles. The lowest BCUT2D eigenvalue weighted by molar-refractivity contribution is 0.0776. The summed E-state index contributed by atoms with van der Waals surface area (Å²) in [5.41, 5.74) is 0.415. The number of ether oxygens (including phenoxy) is 1. The summed E-state index contributed by atoms with van der Waals surface area (Å²) >= 11 is 0. The van der Waals surface area contributed by atoms with Gasteiger partial charge >= 0.3 is 0 Å². The standard InChI is InChI=1S/C14H29N3O/c1-12(2)18-10-6-8-16-13(15-5)17-9-7-14(3,4)11-17/h12H,6-11H2,1-5H3,(H,15,16). The number of nitrogens with zero attached hydrogens (tertiary/aromatic N) is 2. The predicted octanol–water partition coefficient (Wildman–Crippen LogP) is 2.11. The van der Waals surface area contributed by atoms with E-state index in [1.165, 1.54) is 6.42 Å². The van der Waals surface area contributed by atoms with Gasteiger partial charge in [0.05, 0.1) is 6.10 Å². The molecule has 1 N–H and O–H groups in total. The first-order valence-corrected chi connectivity index (χ1v) is 7.02. The molecule has 106 valence electrons. The first kappa shape index (κ1) is 15.3. The molecule has 0 unspecified atom stereocenters. The van der Waals surface area contributed by atoms with E-state index >= 15 is 0 Å². The van der Waals surface area contributed by atoms with Gasteiger partial charge in [0.15, 0.2) is 5.96 Å². The molecule has 0 amide bonds. The fourth-order valence-corrected chi connectivity index (χ4v) is 2.22. The van der Waals surface area contributed by atoms with Crippen molar-refractivity contribution in [2.45, 2.75) is 46.6 Å². The Labute approximate surface area is 112 Å². The molecule has 0 aromatic carbocycles. The van der Waals surface area contributed by atoms with Crippen LogP contribution in [0.15, 0.2) is 4.99 Å². The van der Waals surface area contributed by atoms with Gasteiger partial charge in [-0.2, -0.15) is 0 Å². The number of hydrogen-bond acceptors (Lipinski definition) is 2. The van der Waals surface area contributed by atoms with E-state index < -0.39 is 0 Å². The Morgan fingerprint density at radius 1 is 1.44 bits per heavy atom. The fourth-order valence-electron chi connectivity index (χ4n) is 2.22. The summed E-state index contributed by atoms with van der Waals surface area (Å²) in [6, 6.07) is 0. The largest absolute Gasteiger partial charge is 0.379 e. The van der Waals surface area contributed by atoms with Crippen LogP contribution in [0.2, 0.25) is 0 Å². The van der Waals surface area contributed by atoms with Crippen molar-refractivity contribution in [2.24, 2.45) is 10.4 Å². The molecule has 1 rings (SSSR count). The highest BCUT2D eigenvalue weighted by molar-refractivity contribution is 5.80. The number of likely N-dealkylation sites (tertiary alicyclic amines) is 1. The molecule has 0 radical (unpaired) electrons. The van der Waals surface area contributed by atoms with Gasteiger partial charge in [-0.05, 0) is 32.1 Å². The lowest BCUT2D eigenvalue weighted by Gasteiger charge is -2.23. The van der Waals surface area contributed by atoms with Crippen molar-refractivity contribution in [2.75, 3.05) is 33.3 Å². The van der Waals surface area contributed by atoms with Crippen molar-refractivity contribution >= 4 is 5.96 Å². The smallest absolute Gasteiger partial charge is 0.193 e. The van der Waals surface area contributed by atoms with E-state index in [-0.39, 0.29) is 0 Å². The van der Waals surface area contributed by atoms with Gasteiger partial charge in [-0.15, -0.1) is 0 Å². The molecule has 4 nitrogen and oxygen atoms in total. The second-order valence-electron chi connectivity index (χ2n) is 6.08. The SMILES string of the molecule is CN=C(NCCCOC(C)C)N1CCC(C)(C)C1. The van der Waals surface area contributed by atoms with E-state index in [0.717, 1.165) is 38.6 Å². The van der Waals surface area contributed by atoms with Crippen LogP contribution in [0.25, 0.3) is 0 Å². The first-order chi connectivity index (χ1) is 8.44. The maximum Gasteiger partial charge on any atom is 0.193 e. The maximum absolute atomic E-state index is 5.52. The highest BCUT2D eigenvalue weighted by Crippen LogP contribution is 2.28. The van der Waals surface area contributed by atoms with Crippen LogP contribution in [-0.4, -0.2) is 50.3 Å². The molecule has 0 saturated carbocycles. The minimum absolute atomic E-state index is 0.323. The molecule has 18 heavy (non-hydrogen) atoms. The van der Waals surface area contributed by atoms with Gasteiger partial charge in [0.25, 0.3) is 0 Å². The van der Waals surface area contributed by atoms with Crippen LogP contribution in [0, 0.1) is 5.41 Å². The normalized spacial score (nSPS) is 19.7. The molecule has 1 fully saturated rings. The number of nitrogens with one attached hydrogen (secondary N) is 1. The van der Waals surface area contributed by atoms with Crippen molar-refractivity contribution in [3.8, 4) is 0 Å². The number of aliphatic imine (C=N–C) groups is 1. The zero-order chi connectivity index (χ0) is 13.6. The van der Waals surface area contributed by atoms with Crippen LogP contribution in [0.4, 0.5) is 0 Å². The third-order valence-electron chi connectivity index (χ3n) is 3.24. The molecule has 0 aliphatic carbocycles. The van der Waals surface area contributed by atoms with Crippen molar-refractivity contribution in [3.05, 3.63) is 0 Å². The monoisotopic (exact) mass is 255 g/mol. The summed E-state index contributed by atoms with van der Waals surface area (Å²) in [6.45, 7) is 12.7. The lowest BCUT2D eigenvalue weighted by atomic mass is 9.93. The van der Waals surface area contributed by atoms with E-state index in [0.29, 0.717) is 11.5 Å². The van der Waals surface area contributed by atoms with E-state index in [4.69, 9.17) is 4.74 Å². The van der Waals surface area contributed by atoms with Gasteiger partial charge in [-0.3, -0.25) is 4.99 Å². The minimum Gasteiger partial charge on any atom is -0.379 e. The third-order valence-corrected chi connectivity index (χ3v) is 3.24.